The Morgan fingerprint density at radius 1 is 1.33 bits per heavy atom. The lowest BCUT2D eigenvalue weighted by Crippen LogP contribution is -2.19. The van der Waals surface area contributed by atoms with Gasteiger partial charge in [-0.3, -0.25) is 0 Å². The Hall–Kier alpha value is -1.30. The highest BCUT2D eigenvalue weighted by Gasteiger charge is 2.15. The van der Waals surface area contributed by atoms with Crippen molar-refractivity contribution in [3.8, 4) is 0 Å². The quantitative estimate of drug-likeness (QED) is 0.301. The fourth-order valence-electron chi connectivity index (χ4n) is 0.764. The number of carbonyl (C=O) groups is 2. The molecule has 6 heteroatoms. The van der Waals surface area contributed by atoms with Crippen LogP contribution in [0.2, 0.25) is 13.1 Å². The SMILES string of the molecule is CCOC(=O)/C=C(\OC)C(=O)O[SiH](C)C. The van der Waals surface area contributed by atoms with E-state index in [1.807, 2.05) is 13.1 Å². The average Bonchev–Trinajstić information content (AvgIpc) is 2.13. The largest absolute Gasteiger partial charge is 0.517 e. The molecule has 0 aromatic carbocycles. The summed E-state index contributed by atoms with van der Waals surface area (Å²) in [4.78, 5) is 22.4. The fraction of sp³-hybridized carbons (Fsp3) is 0.556. The van der Waals surface area contributed by atoms with E-state index in [1.54, 1.807) is 6.92 Å². The van der Waals surface area contributed by atoms with E-state index in [1.165, 1.54) is 7.11 Å². The molecule has 0 amide bonds. The van der Waals surface area contributed by atoms with Crippen LogP contribution >= 0.6 is 0 Å². The van der Waals surface area contributed by atoms with Gasteiger partial charge in [0.1, 0.15) is 0 Å². The zero-order valence-corrected chi connectivity index (χ0v) is 10.6. The van der Waals surface area contributed by atoms with E-state index in [0.29, 0.717) is 0 Å². The highest BCUT2D eigenvalue weighted by atomic mass is 28.3. The molecular formula is C9H16O5Si. The van der Waals surface area contributed by atoms with Crippen LogP contribution in [0.4, 0.5) is 0 Å². The van der Waals surface area contributed by atoms with Gasteiger partial charge in [0, 0.05) is 0 Å². The third-order valence-electron chi connectivity index (χ3n) is 1.30. The summed E-state index contributed by atoms with van der Waals surface area (Å²) in [6, 6.07) is 0. The highest BCUT2D eigenvalue weighted by Crippen LogP contribution is 2.01. The molecule has 0 heterocycles. The molecule has 0 aliphatic rings. The molecule has 0 aromatic heterocycles. The second kappa shape index (κ2) is 7.05. The Morgan fingerprint density at radius 3 is 2.33 bits per heavy atom. The van der Waals surface area contributed by atoms with Crippen LogP contribution in [0.1, 0.15) is 6.92 Å². The van der Waals surface area contributed by atoms with Gasteiger partial charge in [-0.25, -0.2) is 9.59 Å². The van der Waals surface area contributed by atoms with Crippen LogP contribution in [-0.4, -0.2) is 34.7 Å². The van der Waals surface area contributed by atoms with Gasteiger partial charge in [0.2, 0.25) is 14.8 Å². The first-order valence-electron chi connectivity index (χ1n) is 4.64. The Labute approximate surface area is 90.7 Å². The fourth-order valence-corrected chi connectivity index (χ4v) is 1.31. The van der Waals surface area contributed by atoms with E-state index < -0.39 is 21.0 Å². The summed E-state index contributed by atoms with van der Waals surface area (Å²) in [6.07, 6.45) is 0.989. The molecule has 0 atom stereocenters. The first kappa shape index (κ1) is 13.7. The zero-order chi connectivity index (χ0) is 11.8. The summed E-state index contributed by atoms with van der Waals surface area (Å²) in [5.41, 5.74) is 0. The number of hydrogen-bond donors (Lipinski definition) is 0. The molecule has 0 N–H and O–H groups in total. The number of esters is 1. The van der Waals surface area contributed by atoms with Crippen LogP contribution < -0.4 is 0 Å². The first-order valence-corrected chi connectivity index (χ1v) is 7.42. The number of hydrogen-bond acceptors (Lipinski definition) is 5. The van der Waals surface area contributed by atoms with Crippen molar-refractivity contribution < 1.29 is 23.5 Å². The minimum absolute atomic E-state index is 0.130. The molecule has 0 saturated heterocycles. The van der Waals surface area contributed by atoms with Crippen molar-refractivity contribution in [2.75, 3.05) is 13.7 Å². The van der Waals surface area contributed by atoms with E-state index in [-0.39, 0.29) is 12.4 Å². The van der Waals surface area contributed by atoms with Gasteiger partial charge in [0.05, 0.1) is 19.8 Å². The van der Waals surface area contributed by atoms with Gasteiger partial charge in [-0.2, -0.15) is 0 Å². The van der Waals surface area contributed by atoms with Crippen LogP contribution in [0.3, 0.4) is 0 Å². The number of carbonyl (C=O) groups excluding carboxylic acids is 2. The Morgan fingerprint density at radius 2 is 1.93 bits per heavy atom. The molecule has 0 saturated carbocycles. The molecular weight excluding hydrogens is 216 g/mol. The van der Waals surface area contributed by atoms with Gasteiger partial charge >= 0.3 is 11.9 Å². The number of ether oxygens (including phenoxy) is 2. The van der Waals surface area contributed by atoms with Gasteiger partial charge in [-0.05, 0) is 20.0 Å². The van der Waals surface area contributed by atoms with Crippen molar-refractivity contribution in [2.45, 2.75) is 20.0 Å². The van der Waals surface area contributed by atoms with Crippen LogP contribution in [0.5, 0.6) is 0 Å². The summed E-state index contributed by atoms with van der Waals surface area (Å²) >= 11 is 0. The highest BCUT2D eigenvalue weighted by molar-refractivity contribution is 6.51. The minimum Gasteiger partial charge on any atom is -0.517 e. The van der Waals surface area contributed by atoms with Crippen molar-refractivity contribution in [3.05, 3.63) is 11.8 Å². The maximum Gasteiger partial charge on any atom is 0.360 e. The third kappa shape index (κ3) is 5.90. The lowest BCUT2D eigenvalue weighted by molar-refractivity contribution is -0.139. The molecule has 5 nitrogen and oxygen atoms in total. The van der Waals surface area contributed by atoms with Crippen LogP contribution in [0, 0.1) is 0 Å². The topological polar surface area (TPSA) is 61.8 Å². The molecule has 0 unspecified atom stereocenters. The van der Waals surface area contributed by atoms with E-state index >= 15 is 0 Å². The number of methoxy groups -OCH3 is 1. The molecule has 0 aromatic rings. The second-order valence-corrected chi connectivity index (χ2v) is 5.25. The Balaban J connectivity index is 4.46. The standard InChI is InChI=1S/C9H16O5Si/c1-5-13-8(10)6-7(12-2)9(11)14-15(3)4/h6,15H,5H2,1-4H3/b7-6-. The van der Waals surface area contributed by atoms with Gasteiger partial charge in [-0.15, -0.1) is 0 Å². The maximum absolute atomic E-state index is 11.3. The predicted octanol–water partition coefficient (Wildman–Crippen LogP) is 0.606. The molecule has 86 valence electrons. The molecule has 0 aliphatic carbocycles. The van der Waals surface area contributed by atoms with E-state index in [9.17, 15) is 9.59 Å². The van der Waals surface area contributed by atoms with E-state index in [4.69, 9.17) is 9.16 Å². The van der Waals surface area contributed by atoms with Crippen molar-refractivity contribution in [3.63, 3.8) is 0 Å². The van der Waals surface area contributed by atoms with Crippen molar-refractivity contribution >= 4 is 21.0 Å². The maximum atomic E-state index is 11.3. The molecule has 0 fully saturated rings. The lowest BCUT2D eigenvalue weighted by atomic mass is 10.4. The molecule has 0 radical (unpaired) electrons. The Kier molecular flexibility index (Phi) is 6.44. The van der Waals surface area contributed by atoms with Crippen molar-refractivity contribution in [2.24, 2.45) is 0 Å². The molecule has 0 bridgehead atoms. The monoisotopic (exact) mass is 232 g/mol. The van der Waals surface area contributed by atoms with Crippen LogP contribution in [0.25, 0.3) is 0 Å². The predicted molar refractivity (Wildman–Crippen MR) is 56.7 cm³/mol. The zero-order valence-electron chi connectivity index (χ0n) is 9.40. The summed E-state index contributed by atoms with van der Waals surface area (Å²) in [6.45, 7) is 5.61. The third-order valence-corrected chi connectivity index (χ3v) is 1.98. The molecule has 0 aliphatic heterocycles. The lowest BCUT2D eigenvalue weighted by Gasteiger charge is -2.09. The smallest absolute Gasteiger partial charge is 0.360 e. The van der Waals surface area contributed by atoms with Gasteiger partial charge in [0.25, 0.3) is 0 Å². The second-order valence-electron chi connectivity index (χ2n) is 2.92. The van der Waals surface area contributed by atoms with E-state index in [2.05, 4.69) is 4.74 Å². The van der Waals surface area contributed by atoms with E-state index in [0.717, 1.165) is 6.08 Å². The summed E-state index contributed by atoms with van der Waals surface area (Å²) in [7, 11) is -0.183. The molecule has 15 heavy (non-hydrogen) atoms. The summed E-state index contributed by atoms with van der Waals surface area (Å²) < 4.78 is 14.4. The summed E-state index contributed by atoms with van der Waals surface area (Å²) in [5.74, 6) is -1.36. The average molecular weight is 232 g/mol. The Bertz CT molecular complexity index is 259. The minimum atomic E-state index is -1.48. The normalized spacial score (nSPS) is 11.1. The number of rotatable bonds is 5. The van der Waals surface area contributed by atoms with Gasteiger partial charge in [-0.1, -0.05) is 0 Å². The van der Waals surface area contributed by atoms with Gasteiger partial charge < -0.3 is 13.9 Å². The van der Waals surface area contributed by atoms with Crippen LogP contribution in [0.15, 0.2) is 11.8 Å². The van der Waals surface area contributed by atoms with Crippen LogP contribution in [-0.2, 0) is 23.5 Å². The first-order chi connectivity index (χ1) is 7.01. The van der Waals surface area contributed by atoms with Gasteiger partial charge in [0.15, 0.2) is 0 Å². The van der Waals surface area contributed by atoms with Crippen molar-refractivity contribution in [1.29, 1.82) is 0 Å². The van der Waals surface area contributed by atoms with Crippen molar-refractivity contribution in [1.82, 2.24) is 0 Å². The molecule has 0 rings (SSSR count). The summed E-state index contributed by atoms with van der Waals surface area (Å²) in [5, 5.41) is 0. The molecule has 0 spiro atoms.